The molecule has 0 unspecified atom stereocenters. The molecule has 6 heteroatoms. The lowest BCUT2D eigenvalue weighted by molar-refractivity contribution is -0.120. The molecule has 1 saturated heterocycles. The zero-order chi connectivity index (χ0) is 13.0. The first-order valence-electron chi connectivity index (χ1n) is 6.29. The van der Waals surface area contributed by atoms with Crippen LogP contribution >= 0.6 is 0 Å². The van der Waals surface area contributed by atoms with Crippen LogP contribution in [0.5, 0.6) is 0 Å². The number of rotatable bonds is 4. The highest BCUT2D eigenvalue weighted by atomic mass is 16.2. The number of nitrogens with zero attached hydrogens (tertiary/aromatic N) is 3. The largest absolute Gasteiger partial charge is 0.373 e. The zero-order valence-corrected chi connectivity index (χ0v) is 10.9. The number of amides is 1. The molecule has 0 aromatic carbocycles. The van der Waals surface area contributed by atoms with Crippen molar-refractivity contribution in [1.29, 1.82) is 0 Å². The maximum Gasteiger partial charge on any atom is 0.239 e. The van der Waals surface area contributed by atoms with Crippen LogP contribution in [0.2, 0.25) is 0 Å². The molecule has 1 aliphatic rings. The Labute approximate surface area is 107 Å². The molecule has 1 amide bonds. The first kappa shape index (κ1) is 12.6. The van der Waals surface area contributed by atoms with Gasteiger partial charge in [0.25, 0.3) is 0 Å². The van der Waals surface area contributed by atoms with Crippen LogP contribution in [0.15, 0.2) is 6.33 Å². The van der Waals surface area contributed by atoms with Crippen LogP contribution < -0.4 is 15.5 Å². The minimum atomic E-state index is 0.0494. The van der Waals surface area contributed by atoms with Gasteiger partial charge in [-0.1, -0.05) is 13.3 Å². The highest BCUT2D eigenvalue weighted by Crippen LogP contribution is 2.24. The Balaban J connectivity index is 2.33. The van der Waals surface area contributed by atoms with Gasteiger partial charge < -0.3 is 15.5 Å². The summed E-state index contributed by atoms with van der Waals surface area (Å²) >= 11 is 0. The van der Waals surface area contributed by atoms with Gasteiger partial charge in [-0.2, -0.15) is 0 Å². The third-order valence-corrected chi connectivity index (χ3v) is 3.00. The Morgan fingerprint density at radius 1 is 1.50 bits per heavy atom. The smallest absolute Gasteiger partial charge is 0.239 e. The molecule has 1 aliphatic heterocycles. The second kappa shape index (κ2) is 5.66. The third-order valence-electron chi connectivity index (χ3n) is 3.00. The van der Waals surface area contributed by atoms with Gasteiger partial charge in [-0.15, -0.1) is 0 Å². The predicted octanol–water partition coefficient (Wildman–Crippen LogP) is 0.407. The topological polar surface area (TPSA) is 70.2 Å². The molecule has 18 heavy (non-hydrogen) atoms. The summed E-state index contributed by atoms with van der Waals surface area (Å²) in [4.78, 5) is 22.1. The highest BCUT2D eigenvalue weighted by molar-refractivity contribution is 5.82. The van der Waals surface area contributed by atoms with E-state index in [1.807, 2.05) is 11.9 Å². The van der Waals surface area contributed by atoms with Crippen LogP contribution in [-0.4, -0.2) is 42.6 Å². The van der Waals surface area contributed by atoms with E-state index in [2.05, 4.69) is 27.5 Å². The Morgan fingerprint density at radius 3 is 3.00 bits per heavy atom. The highest BCUT2D eigenvalue weighted by Gasteiger charge is 2.21. The number of aromatic nitrogens is 2. The van der Waals surface area contributed by atoms with Gasteiger partial charge in [-0.05, 0) is 6.42 Å². The van der Waals surface area contributed by atoms with E-state index in [4.69, 9.17) is 0 Å². The van der Waals surface area contributed by atoms with Gasteiger partial charge in [-0.3, -0.25) is 4.79 Å². The monoisotopic (exact) mass is 249 g/mol. The Hall–Kier alpha value is -1.85. The molecule has 1 aromatic heterocycles. The van der Waals surface area contributed by atoms with E-state index in [0.29, 0.717) is 13.1 Å². The van der Waals surface area contributed by atoms with Crippen LogP contribution in [0, 0.1) is 0 Å². The number of piperazine rings is 1. The molecule has 0 bridgehead atoms. The van der Waals surface area contributed by atoms with Gasteiger partial charge in [0.15, 0.2) is 0 Å². The van der Waals surface area contributed by atoms with Gasteiger partial charge in [0.05, 0.1) is 6.54 Å². The number of nitrogens with one attached hydrogen (secondary N) is 2. The van der Waals surface area contributed by atoms with Crippen molar-refractivity contribution < 1.29 is 4.79 Å². The van der Waals surface area contributed by atoms with Crippen LogP contribution in [0.25, 0.3) is 0 Å². The number of hydrogen-bond acceptors (Lipinski definition) is 5. The Morgan fingerprint density at radius 2 is 2.33 bits per heavy atom. The molecule has 1 fully saturated rings. The summed E-state index contributed by atoms with van der Waals surface area (Å²) in [6.07, 6.45) is 3.48. The van der Waals surface area contributed by atoms with Crippen molar-refractivity contribution in [2.75, 3.05) is 36.9 Å². The summed E-state index contributed by atoms with van der Waals surface area (Å²) in [7, 11) is 1.86. The van der Waals surface area contributed by atoms with Crippen molar-refractivity contribution in [2.45, 2.75) is 19.8 Å². The summed E-state index contributed by atoms with van der Waals surface area (Å²) in [5.74, 6) is 1.78. The Kier molecular flexibility index (Phi) is 3.96. The van der Waals surface area contributed by atoms with Gasteiger partial charge in [0, 0.05) is 25.7 Å². The lowest BCUT2D eigenvalue weighted by Gasteiger charge is -2.29. The number of carbonyl (C=O) groups is 1. The van der Waals surface area contributed by atoms with Crippen molar-refractivity contribution in [1.82, 2.24) is 15.3 Å². The van der Waals surface area contributed by atoms with Crippen molar-refractivity contribution in [2.24, 2.45) is 0 Å². The standard InChI is InChI=1S/C12H19N5O/c1-3-4-9-11(13-2)15-8-16-12(9)17-6-5-14-10(18)7-17/h8H,3-7H2,1-2H3,(H,14,18)(H,13,15,16). The molecular formula is C12H19N5O. The molecule has 0 atom stereocenters. The molecule has 2 rings (SSSR count). The minimum Gasteiger partial charge on any atom is -0.373 e. The van der Waals surface area contributed by atoms with E-state index in [0.717, 1.165) is 36.6 Å². The van der Waals surface area contributed by atoms with Crippen LogP contribution in [0.4, 0.5) is 11.6 Å². The summed E-state index contributed by atoms with van der Waals surface area (Å²) in [6, 6.07) is 0. The Bertz CT molecular complexity index is 434. The molecule has 2 N–H and O–H groups in total. The summed E-state index contributed by atoms with van der Waals surface area (Å²) in [5, 5.41) is 5.91. The van der Waals surface area contributed by atoms with Crippen LogP contribution in [-0.2, 0) is 11.2 Å². The van der Waals surface area contributed by atoms with E-state index in [9.17, 15) is 4.79 Å². The van der Waals surface area contributed by atoms with E-state index in [-0.39, 0.29) is 5.91 Å². The average Bonchev–Trinajstić information content (AvgIpc) is 2.39. The summed E-state index contributed by atoms with van der Waals surface area (Å²) in [6.45, 7) is 3.96. The van der Waals surface area contributed by atoms with Crippen LogP contribution in [0.1, 0.15) is 18.9 Å². The quantitative estimate of drug-likeness (QED) is 0.808. The number of carbonyl (C=O) groups excluding carboxylic acids is 1. The van der Waals surface area contributed by atoms with E-state index >= 15 is 0 Å². The molecule has 0 spiro atoms. The second-order valence-corrected chi connectivity index (χ2v) is 4.30. The molecule has 0 aliphatic carbocycles. The van der Waals surface area contributed by atoms with Gasteiger partial charge in [0.2, 0.25) is 5.91 Å². The second-order valence-electron chi connectivity index (χ2n) is 4.30. The SMILES string of the molecule is CCCc1c(NC)ncnc1N1CCNC(=O)C1. The van der Waals surface area contributed by atoms with Crippen molar-refractivity contribution in [3.05, 3.63) is 11.9 Å². The van der Waals surface area contributed by atoms with Gasteiger partial charge in [0.1, 0.15) is 18.0 Å². The average molecular weight is 249 g/mol. The first-order valence-corrected chi connectivity index (χ1v) is 6.29. The molecular weight excluding hydrogens is 230 g/mol. The van der Waals surface area contributed by atoms with E-state index < -0.39 is 0 Å². The summed E-state index contributed by atoms with van der Waals surface area (Å²) in [5.41, 5.74) is 1.09. The predicted molar refractivity (Wildman–Crippen MR) is 70.8 cm³/mol. The number of anilines is 2. The molecule has 98 valence electrons. The van der Waals surface area contributed by atoms with Gasteiger partial charge in [-0.25, -0.2) is 9.97 Å². The maximum absolute atomic E-state index is 11.5. The molecule has 6 nitrogen and oxygen atoms in total. The lowest BCUT2D eigenvalue weighted by Crippen LogP contribution is -2.48. The first-order chi connectivity index (χ1) is 8.76. The van der Waals surface area contributed by atoms with E-state index in [1.165, 1.54) is 0 Å². The van der Waals surface area contributed by atoms with Crippen molar-refractivity contribution in [3.63, 3.8) is 0 Å². The summed E-state index contributed by atoms with van der Waals surface area (Å²) < 4.78 is 0. The minimum absolute atomic E-state index is 0.0494. The van der Waals surface area contributed by atoms with E-state index in [1.54, 1.807) is 6.33 Å². The van der Waals surface area contributed by atoms with Crippen molar-refractivity contribution in [3.8, 4) is 0 Å². The van der Waals surface area contributed by atoms with Crippen LogP contribution in [0.3, 0.4) is 0 Å². The fourth-order valence-electron chi connectivity index (χ4n) is 2.19. The fraction of sp³-hybridized carbons (Fsp3) is 0.583. The zero-order valence-electron chi connectivity index (χ0n) is 10.9. The third kappa shape index (κ3) is 2.52. The van der Waals surface area contributed by atoms with Crippen molar-refractivity contribution >= 4 is 17.5 Å². The number of hydrogen-bond donors (Lipinski definition) is 2. The normalized spacial score (nSPS) is 15.4. The molecule has 0 saturated carbocycles. The fourth-order valence-corrected chi connectivity index (χ4v) is 2.19. The molecule has 0 radical (unpaired) electrons. The molecule has 1 aromatic rings. The maximum atomic E-state index is 11.5. The molecule has 2 heterocycles. The van der Waals surface area contributed by atoms with Gasteiger partial charge >= 0.3 is 0 Å². The lowest BCUT2D eigenvalue weighted by atomic mass is 10.1.